The quantitative estimate of drug-likeness (QED) is 0.521. The molecule has 0 atom stereocenters. The largest absolute Gasteiger partial charge is 0.394 e. The predicted octanol–water partition coefficient (Wildman–Crippen LogP) is 3.35. The van der Waals surface area contributed by atoms with E-state index in [1.54, 1.807) is 0 Å². The summed E-state index contributed by atoms with van der Waals surface area (Å²) >= 11 is 0. The second-order valence-corrected chi connectivity index (χ2v) is 7.73. The highest BCUT2D eigenvalue weighted by Crippen LogP contribution is 2.19. The van der Waals surface area contributed by atoms with Crippen molar-refractivity contribution in [3.63, 3.8) is 0 Å². The highest BCUT2D eigenvalue weighted by atomic mass is 16.3. The normalized spacial score (nSPS) is 11.4. The maximum atomic E-state index is 11.4. The lowest BCUT2D eigenvalue weighted by Crippen LogP contribution is -2.54. The van der Waals surface area contributed by atoms with Crippen LogP contribution in [0.15, 0.2) is 48.5 Å². The number of aliphatic hydroxyl groups is 2. The van der Waals surface area contributed by atoms with Crippen molar-refractivity contribution in [1.29, 1.82) is 0 Å². The van der Waals surface area contributed by atoms with Crippen LogP contribution in [0, 0.1) is 6.92 Å². The van der Waals surface area contributed by atoms with E-state index >= 15 is 0 Å². The van der Waals surface area contributed by atoms with Gasteiger partial charge in [0, 0.05) is 6.92 Å². The van der Waals surface area contributed by atoms with Crippen molar-refractivity contribution in [1.82, 2.24) is 5.32 Å². The number of hydrogen-bond donors (Lipinski definition) is 3. The fourth-order valence-corrected chi connectivity index (χ4v) is 3.59. The smallest absolute Gasteiger partial charge is 0.217 e. The zero-order chi connectivity index (χ0) is 20.4. The minimum absolute atomic E-state index is 0.245. The minimum Gasteiger partial charge on any atom is -0.394 e. The van der Waals surface area contributed by atoms with Gasteiger partial charge in [-0.2, -0.15) is 0 Å². The van der Waals surface area contributed by atoms with Crippen molar-refractivity contribution in [3.05, 3.63) is 70.8 Å². The van der Waals surface area contributed by atoms with Crippen LogP contribution in [0.2, 0.25) is 0 Å². The minimum atomic E-state index is -0.964. The lowest BCUT2D eigenvalue weighted by Gasteiger charge is -2.30. The summed E-state index contributed by atoms with van der Waals surface area (Å²) in [5, 5.41) is 22.0. The zero-order valence-corrected chi connectivity index (χ0v) is 17.1. The van der Waals surface area contributed by atoms with Gasteiger partial charge in [0.2, 0.25) is 5.91 Å². The predicted molar refractivity (Wildman–Crippen MR) is 113 cm³/mol. The summed E-state index contributed by atoms with van der Waals surface area (Å²) in [7, 11) is 0. The maximum Gasteiger partial charge on any atom is 0.217 e. The molecule has 152 valence electrons. The molecule has 0 aromatic heterocycles. The first-order valence-electron chi connectivity index (χ1n) is 10.1. The van der Waals surface area contributed by atoms with Gasteiger partial charge in [0.05, 0.1) is 18.8 Å². The molecule has 2 aromatic carbocycles. The van der Waals surface area contributed by atoms with Gasteiger partial charge in [-0.3, -0.25) is 4.79 Å². The van der Waals surface area contributed by atoms with Crippen molar-refractivity contribution >= 4 is 5.91 Å². The van der Waals surface area contributed by atoms with E-state index in [0.717, 1.165) is 19.3 Å². The molecule has 0 saturated heterocycles. The Bertz CT molecular complexity index is 739. The van der Waals surface area contributed by atoms with Crippen LogP contribution < -0.4 is 5.32 Å². The van der Waals surface area contributed by atoms with Gasteiger partial charge >= 0.3 is 0 Å². The monoisotopic (exact) mass is 383 g/mol. The van der Waals surface area contributed by atoms with Crippen LogP contribution in [0.25, 0.3) is 0 Å². The molecule has 0 unspecified atom stereocenters. The number of carbonyl (C=O) groups is 1. The molecule has 0 spiro atoms. The van der Waals surface area contributed by atoms with Gasteiger partial charge in [-0.15, -0.1) is 0 Å². The maximum absolute atomic E-state index is 11.4. The second kappa shape index (κ2) is 11.0. The highest BCUT2D eigenvalue weighted by Gasteiger charge is 2.29. The Labute approximate surface area is 168 Å². The molecule has 2 rings (SSSR count). The van der Waals surface area contributed by atoms with E-state index in [2.05, 4.69) is 60.8 Å². The Morgan fingerprint density at radius 2 is 1.57 bits per heavy atom. The number of carbonyl (C=O) groups excluding carboxylic acids is 1. The van der Waals surface area contributed by atoms with Crippen molar-refractivity contribution in [3.8, 4) is 0 Å². The third kappa shape index (κ3) is 6.77. The molecule has 0 aliphatic heterocycles. The number of benzene rings is 2. The van der Waals surface area contributed by atoms with E-state index in [-0.39, 0.29) is 19.1 Å². The van der Waals surface area contributed by atoms with E-state index < -0.39 is 5.54 Å². The average molecular weight is 384 g/mol. The number of hydrogen-bond acceptors (Lipinski definition) is 3. The van der Waals surface area contributed by atoms with Crippen LogP contribution in [-0.4, -0.2) is 34.9 Å². The molecule has 4 heteroatoms. The number of aryl methyl sites for hydroxylation is 4. The zero-order valence-electron chi connectivity index (χ0n) is 17.1. The Hall–Kier alpha value is -2.17. The third-order valence-electron chi connectivity index (χ3n) is 5.35. The van der Waals surface area contributed by atoms with Gasteiger partial charge in [0.1, 0.15) is 0 Å². The Morgan fingerprint density at radius 1 is 0.929 bits per heavy atom. The Morgan fingerprint density at radius 3 is 2.14 bits per heavy atom. The lowest BCUT2D eigenvalue weighted by molar-refractivity contribution is -0.122. The summed E-state index contributed by atoms with van der Waals surface area (Å²) in [4.78, 5) is 11.4. The van der Waals surface area contributed by atoms with E-state index in [9.17, 15) is 15.0 Å². The van der Waals surface area contributed by atoms with Crippen LogP contribution in [-0.2, 0) is 24.1 Å². The summed E-state index contributed by atoms with van der Waals surface area (Å²) < 4.78 is 0. The molecule has 4 nitrogen and oxygen atoms in total. The molecular formula is C24H33NO3. The molecule has 0 aliphatic carbocycles. The van der Waals surface area contributed by atoms with Crippen molar-refractivity contribution in [2.75, 3.05) is 13.2 Å². The Kier molecular flexibility index (Phi) is 8.68. The molecule has 0 heterocycles. The number of nitrogens with one attached hydrogen (secondary N) is 1. The van der Waals surface area contributed by atoms with Crippen LogP contribution >= 0.6 is 0 Å². The summed E-state index contributed by atoms with van der Waals surface area (Å²) in [6.07, 6.45) is 5.71. The fraction of sp³-hybridized carbons (Fsp3) is 0.458. The van der Waals surface area contributed by atoms with Gasteiger partial charge in [-0.05, 0) is 67.7 Å². The van der Waals surface area contributed by atoms with Crippen LogP contribution in [0.3, 0.4) is 0 Å². The molecule has 2 aromatic rings. The molecule has 0 saturated carbocycles. The van der Waals surface area contributed by atoms with Gasteiger partial charge < -0.3 is 15.5 Å². The van der Waals surface area contributed by atoms with Gasteiger partial charge in [0.15, 0.2) is 0 Å². The van der Waals surface area contributed by atoms with Crippen molar-refractivity contribution < 1.29 is 15.0 Å². The first kappa shape index (κ1) is 22.1. The lowest BCUT2D eigenvalue weighted by atomic mass is 9.90. The summed E-state index contributed by atoms with van der Waals surface area (Å²) in [5.41, 5.74) is 4.17. The molecule has 3 N–H and O–H groups in total. The third-order valence-corrected chi connectivity index (χ3v) is 5.35. The first-order chi connectivity index (χ1) is 13.5. The average Bonchev–Trinajstić information content (AvgIpc) is 2.70. The molecular weight excluding hydrogens is 350 g/mol. The Balaban J connectivity index is 1.86. The molecule has 1 amide bonds. The summed E-state index contributed by atoms with van der Waals surface area (Å²) in [6.45, 7) is 2.95. The van der Waals surface area contributed by atoms with Crippen molar-refractivity contribution in [2.24, 2.45) is 0 Å². The highest BCUT2D eigenvalue weighted by molar-refractivity contribution is 5.73. The van der Waals surface area contributed by atoms with E-state index in [1.165, 1.54) is 35.6 Å². The number of aliphatic hydroxyl groups excluding tert-OH is 2. The number of rotatable bonds is 11. The number of amides is 1. The van der Waals surface area contributed by atoms with Crippen LogP contribution in [0.1, 0.15) is 48.4 Å². The van der Waals surface area contributed by atoms with E-state index in [4.69, 9.17) is 0 Å². The number of unbranched alkanes of at least 4 members (excludes halogenated alkanes) is 1. The molecule has 0 radical (unpaired) electrons. The SMILES string of the molecule is CC(=O)NC(CO)(CO)CCc1ccc(CCCCc2ccccc2)cc1C. The van der Waals surface area contributed by atoms with Gasteiger partial charge in [0.25, 0.3) is 0 Å². The van der Waals surface area contributed by atoms with Gasteiger partial charge in [-0.25, -0.2) is 0 Å². The second-order valence-electron chi connectivity index (χ2n) is 7.73. The summed E-state index contributed by atoms with van der Waals surface area (Å²) in [6, 6.07) is 17.1. The van der Waals surface area contributed by atoms with Crippen molar-refractivity contribution in [2.45, 2.75) is 57.9 Å². The topological polar surface area (TPSA) is 69.6 Å². The standard InChI is InChI=1S/C24H33NO3/c1-19-16-22(11-7-6-10-21-8-4-3-5-9-21)12-13-23(19)14-15-24(17-26,18-27)25-20(2)28/h3-5,8-9,12-13,16,26-27H,6-7,10-11,14-15,17-18H2,1-2H3,(H,25,28). The van der Waals surface area contributed by atoms with E-state index in [1.807, 2.05) is 0 Å². The fourth-order valence-electron chi connectivity index (χ4n) is 3.59. The molecule has 0 fully saturated rings. The van der Waals surface area contributed by atoms with Crippen LogP contribution in [0.5, 0.6) is 0 Å². The van der Waals surface area contributed by atoms with E-state index in [0.29, 0.717) is 12.8 Å². The molecule has 0 aliphatic rings. The molecule has 0 bridgehead atoms. The first-order valence-corrected chi connectivity index (χ1v) is 10.1. The van der Waals surface area contributed by atoms with Gasteiger partial charge in [-0.1, -0.05) is 48.5 Å². The summed E-state index contributed by atoms with van der Waals surface area (Å²) in [5.74, 6) is -0.245. The van der Waals surface area contributed by atoms with Crippen LogP contribution in [0.4, 0.5) is 0 Å². The molecule has 28 heavy (non-hydrogen) atoms.